The number of carbonyl (C=O) groups excluding carboxylic acids is 1. The monoisotopic (exact) mass is 420 g/mol. The summed E-state index contributed by atoms with van der Waals surface area (Å²) in [6.07, 6.45) is 3.25. The second-order valence-electron chi connectivity index (χ2n) is 7.30. The molecule has 1 aromatic heterocycles. The first-order valence-corrected chi connectivity index (χ1v) is 10.2. The van der Waals surface area contributed by atoms with E-state index in [4.69, 9.17) is 9.15 Å². The molecule has 0 spiro atoms. The number of methoxy groups -OCH3 is 1. The number of hydrogen-bond acceptors (Lipinski definition) is 4. The van der Waals surface area contributed by atoms with E-state index >= 15 is 0 Å². The molecular weight excluding hydrogens is 400 g/mol. The third kappa shape index (κ3) is 3.84. The Hall–Kier alpha value is -4.38. The van der Waals surface area contributed by atoms with Crippen LogP contribution in [0.3, 0.4) is 0 Å². The van der Waals surface area contributed by atoms with E-state index in [-0.39, 0.29) is 5.91 Å². The number of hydrogen-bond donors (Lipinski definition) is 1. The van der Waals surface area contributed by atoms with Gasteiger partial charge in [0.05, 0.1) is 18.4 Å². The zero-order valence-corrected chi connectivity index (χ0v) is 17.4. The van der Waals surface area contributed by atoms with Crippen molar-refractivity contribution in [3.05, 3.63) is 96.6 Å². The molecule has 0 saturated carbocycles. The Bertz CT molecular complexity index is 1450. The molecule has 0 atom stereocenters. The van der Waals surface area contributed by atoms with E-state index in [2.05, 4.69) is 10.3 Å². The summed E-state index contributed by atoms with van der Waals surface area (Å²) in [4.78, 5) is 17.2. The Balaban J connectivity index is 1.43. The van der Waals surface area contributed by atoms with Gasteiger partial charge in [0.15, 0.2) is 5.58 Å². The van der Waals surface area contributed by atoms with Gasteiger partial charge in [-0.2, -0.15) is 0 Å². The summed E-state index contributed by atoms with van der Waals surface area (Å²) < 4.78 is 11.3. The van der Waals surface area contributed by atoms with Crippen LogP contribution in [0.25, 0.3) is 39.4 Å². The highest BCUT2D eigenvalue weighted by Crippen LogP contribution is 2.33. The smallest absolute Gasteiger partial charge is 0.248 e. The molecule has 1 heterocycles. The molecule has 5 heteroatoms. The van der Waals surface area contributed by atoms with Crippen molar-refractivity contribution >= 4 is 39.5 Å². The van der Waals surface area contributed by atoms with Crippen LogP contribution < -0.4 is 10.1 Å². The van der Waals surface area contributed by atoms with Crippen LogP contribution in [0, 0.1) is 0 Å². The molecule has 5 rings (SSSR count). The third-order valence-electron chi connectivity index (χ3n) is 5.24. The van der Waals surface area contributed by atoms with Crippen LogP contribution >= 0.6 is 0 Å². The number of anilines is 1. The summed E-state index contributed by atoms with van der Waals surface area (Å²) in [7, 11) is 1.62. The number of amides is 1. The van der Waals surface area contributed by atoms with Crippen molar-refractivity contribution in [2.45, 2.75) is 0 Å². The molecule has 0 aliphatic rings. The van der Waals surface area contributed by atoms with E-state index in [1.54, 1.807) is 13.2 Å². The standard InChI is InChI=1S/C27H20N2O3/c1-31-20-14-10-18(11-15-20)12-17-25(30)28-23-9-5-4-8-22(23)27-29-24-16-13-19-6-2-3-7-21(19)26(24)32-27/h2-17H,1H3,(H,28,30). The zero-order chi connectivity index (χ0) is 21.9. The molecule has 5 nitrogen and oxygen atoms in total. The molecule has 0 saturated heterocycles. The lowest BCUT2D eigenvalue weighted by atomic mass is 10.1. The fourth-order valence-corrected chi connectivity index (χ4v) is 3.61. The highest BCUT2D eigenvalue weighted by molar-refractivity contribution is 6.05. The maximum Gasteiger partial charge on any atom is 0.248 e. The summed E-state index contributed by atoms with van der Waals surface area (Å²) in [6.45, 7) is 0. The number of fused-ring (bicyclic) bond motifs is 3. The van der Waals surface area contributed by atoms with Crippen LogP contribution in [0.4, 0.5) is 5.69 Å². The number of aromatic nitrogens is 1. The molecule has 0 fully saturated rings. The van der Waals surface area contributed by atoms with Crippen LogP contribution in [-0.2, 0) is 4.79 Å². The molecular formula is C27H20N2O3. The SMILES string of the molecule is COc1ccc(C=CC(=O)Nc2ccccc2-c2nc3ccc4ccccc4c3o2)cc1. The molecule has 0 aliphatic heterocycles. The quantitative estimate of drug-likeness (QED) is 0.339. The topological polar surface area (TPSA) is 64.4 Å². The van der Waals surface area contributed by atoms with Crippen molar-refractivity contribution in [2.24, 2.45) is 0 Å². The minimum Gasteiger partial charge on any atom is -0.497 e. The molecule has 1 amide bonds. The van der Waals surface area contributed by atoms with Gasteiger partial charge in [-0.25, -0.2) is 4.98 Å². The third-order valence-corrected chi connectivity index (χ3v) is 5.24. The number of rotatable bonds is 5. The van der Waals surface area contributed by atoms with Crippen LogP contribution in [0.2, 0.25) is 0 Å². The van der Waals surface area contributed by atoms with E-state index in [1.807, 2.05) is 84.9 Å². The van der Waals surface area contributed by atoms with Crippen LogP contribution in [0.1, 0.15) is 5.56 Å². The second kappa shape index (κ2) is 8.40. The molecule has 0 radical (unpaired) electrons. The number of nitrogens with zero attached hydrogens (tertiary/aromatic N) is 1. The Morgan fingerprint density at radius 1 is 0.938 bits per heavy atom. The predicted octanol–water partition coefficient (Wildman–Crippen LogP) is 6.31. The van der Waals surface area contributed by atoms with Gasteiger partial charge in [-0.05, 0) is 47.4 Å². The summed E-state index contributed by atoms with van der Waals surface area (Å²) in [5, 5.41) is 5.03. The maximum atomic E-state index is 12.6. The van der Waals surface area contributed by atoms with Gasteiger partial charge in [0.2, 0.25) is 11.8 Å². The molecule has 0 aliphatic carbocycles. The number of carbonyl (C=O) groups is 1. The van der Waals surface area contributed by atoms with Crippen molar-refractivity contribution in [3.8, 4) is 17.2 Å². The summed E-state index contributed by atoms with van der Waals surface area (Å²) in [6, 6.07) is 27.0. The first-order valence-electron chi connectivity index (χ1n) is 10.2. The van der Waals surface area contributed by atoms with E-state index in [0.717, 1.165) is 38.7 Å². The highest BCUT2D eigenvalue weighted by Gasteiger charge is 2.14. The van der Waals surface area contributed by atoms with Gasteiger partial charge < -0.3 is 14.5 Å². The Morgan fingerprint density at radius 2 is 1.72 bits per heavy atom. The van der Waals surface area contributed by atoms with Gasteiger partial charge in [-0.3, -0.25) is 4.79 Å². The summed E-state index contributed by atoms with van der Waals surface area (Å²) in [5.41, 5.74) is 3.77. The van der Waals surface area contributed by atoms with E-state index < -0.39 is 0 Å². The molecule has 5 aromatic rings. The van der Waals surface area contributed by atoms with Crippen molar-refractivity contribution in [2.75, 3.05) is 12.4 Å². The first-order chi connectivity index (χ1) is 15.7. The minimum absolute atomic E-state index is 0.241. The molecule has 0 bridgehead atoms. The van der Waals surface area contributed by atoms with Gasteiger partial charge in [0, 0.05) is 11.5 Å². The van der Waals surface area contributed by atoms with Crippen molar-refractivity contribution in [3.63, 3.8) is 0 Å². The largest absolute Gasteiger partial charge is 0.497 e. The summed E-state index contributed by atoms with van der Waals surface area (Å²) in [5.74, 6) is 0.993. The first kappa shape index (κ1) is 19.6. The van der Waals surface area contributed by atoms with E-state index in [0.29, 0.717) is 11.6 Å². The Morgan fingerprint density at radius 3 is 2.56 bits per heavy atom. The highest BCUT2D eigenvalue weighted by atomic mass is 16.5. The zero-order valence-electron chi connectivity index (χ0n) is 17.4. The van der Waals surface area contributed by atoms with E-state index in [1.165, 1.54) is 6.08 Å². The number of oxazole rings is 1. The Kier molecular flexibility index (Phi) is 5.14. The lowest BCUT2D eigenvalue weighted by Gasteiger charge is -2.07. The lowest BCUT2D eigenvalue weighted by molar-refractivity contribution is -0.111. The van der Waals surface area contributed by atoms with Crippen molar-refractivity contribution in [1.82, 2.24) is 4.98 Å². The van der Waals surface area contributed by atoms with Gasteiger partial charge in [0.25, 0.3) is 0 Å². The van der Waals surface area contributed by atoms with E-state index in [9.17, 15) is 4.79 Å². The average Bonchev–Trinajstić information content (AvgIpc) is 3.28. The van der Waals surface area contributed by atoms with Crippen molar-refractivity contribution < 1.29 is 13.9 Å². The fourth-order valence-electron chi connectivity index (χ4n) is 3.61. The molecule has 156 valence electrons. The molecule has 0 unspecified atom stereocenters. The molecule has 4 aromatic carbocycles. The molecule has 1 N–H and O–H groups in total. The van der Waals surface area contributed by atoms with Crippen LogP contribution in [0.5, 0.6) is 5.75 Å². The van der Waals surface area contributed by atoms with Gasteiger partial charge >= 0.3 is 0 Å². The maximum absolute atomic E-state index is 12.6. The van der Waals surface area contributed by atoms with Crippen LogP contribution in [-0.4, -0.2) is 18.0 Å². The predicted molar refractivity (Wildman–Crippen MR) is 128 cm³/mol. The second-order valence-corrected chi connectivity index (χ2v) is 7.30. The van der Waals surface area contributed by atoms with Gasteiger partial charge in [-0.1, -0.05) is 54.6 Å². The number of para-hydroxylation sites is 1. The Labute approximate surface area is 185 Å². The average molecular weight is 420 g/mol. The number of benzene rings is 4. The minimum atomic E-state index is -0.241. The molecule has 32 heavy (non-hydrogen) atoms. The number of ether oxygens (including phenoxy) is 1. The fraction of sp³-hybridized carbons (Fsp3) is 0.0370. The van der Waals surface area contributed by atoms with Crippen molar-refractivity contribution in [1.29, 1.82) is 0 Å². The summed E-state index contributed by atoms with van der Waals surface area (Å²) >= 11 is 0. The van der Waals surface area contributed by atoms with Gasteiger partial charge in [0.1, 0.15) is 11.3 Å². The number of nitrogens with one attached hydrogen (secondary N) is 1. The van der Waals surface area contributed by atoms with Crippen LogP contribution in [0.15, 0.2) is 95.4 Å². The normalized spacial score (nSPS) is 11.3. The van der Waals surface area contributed by atoms with Gasteiger partial charge in [-0.15, -0.1) is 0 Å². The lowest BCUT2D eigenvalue weighted by Crippen LogP contribution is -2.08.